The first-order valence-corrected chi connectivity index (χ1v) is 12.0. The highest BCUT2D eigenvalue weighted by atomic mass is 32.2. The molecular formula is C25H23NO6S. The number of Topliss-reactive ketones (excluding diaryl/α,β-unsaturated/α-hetero) is 1. The van der Waals surface area contributed by atoms with Crippen LogP contribution in [0.15, 0.2) is 58.3 Å². The Balaban J connectivity index is 1.56. The summed E-state index contributed by atoms with van der Waals surface area (Å²) in [4.78, 5) is 37.7. The van der Waals surface area contributed by atoms with Crippen molar-refractivity contribution in [1.29, 1.82) is 0 Å². The van der Waals surface area contributed by atoms with Crippen molar-refractivity contribution in [2.24, 2.45) is 0 Å². The molecule has 0 amide bonds. The van der Waals surface area contributed by atoms with Crippen LogP contribution in [0.5, 0.6) is 0 Å². The predicted octanol–water partition coefficient (Wildman–Crippen LogP) is 3.93. The van der Waals surface area contributed by atoms with Crippen molar-refractivity contribution in [3.05, 3.63) is 82.2 Å². The van der Waals surface area contributed by atoms with Gasteiger partial charge >= 0.3 is 5.97 Å². The molecule has 0 radical (unpaired) electrons. The van der Waals surface area contributed by atoms with Gasteiger partial charge in [-0.1, -0.05) is 19.1 Å². The average molecular weight is 466 g/mol. The zero-order chi connectivity index (χ0) is 23.9. The largest absolute Gasteiger partial charge is 0.454 e. The molecule has 33 heavy (non-hydrogen) atoms. The van der Waals surface area contributed by atoms with Crippen molar-refractivity contribution >= 4 is 27.4 Å². The number of carbonyl (C=O) groups excluding carboxylic acids is 3. The lowest BCUT2D eigenvalue weighted by atomic mass is 10.0. The third kappa shape index (κ3) is 3.80. The van der Waals surface area contributed by atoms with Crippen LogP contribution in [0.4, 0.5) is 0 Å². The van der Waals surface area contributed by atoms with Gasteiger partial charge in [-0.2, -0.15) is 0 Å². The summed E-state index contributed by atoms with van der Waals surface area (Å²) in [5, 5.41) is 0. The number of benzene rings is 2. The van der Waals surface area contributed by atoms with E-state index in [4.69, 9.17) is 4.74 Å². The van der Waals surface area contributed by atoms with E-state index >= 15 is 0 Å². The molecule has 8 heteroatoms. The molecule has 4 rings (SSSR count). The van der Waals surface area contributed by atoms with Crippen molar-refractivity contribution < 1.29 is 27.5 Å². The molecule has 0 atom stereocenters. The highest BCUT2D eigenvalue weighted by molar-refractivity contribution is 7.91. The maximum atomic E-state index is 13.0. The number of carbonyl (C=O) groups is 3. The number of ketones is 2. The van der Waals surface area contributed by atoms with Crippen molar-refractivity contribution in [1.82, 2.24) is 4.57 Å². The minimum absolute atomic E-state index is 0.00434. The van der Waals surface area contributed by atoms with E-state index in [0.717, 1.165) is 30.4 Å². The van der Waals surface area contributed by atoms with Crippen LogP contribution in [-0.2, 0) is 21.1 Å². The highest BCUT2D eigenvalue weighted by Gasteiger charge is 2.35. The minimum Gasteiger partial charge on any atom is -0.454 e. The lowest BCUT2D eigenvalue weighted by molar-refractivity contribution is 0.0474. The molecule has 7 nitrogen and oxygen atoms in total. The van der Waals surface area contributed by atoms with Gasteiger partial charge in [0.15, 0.2) is 12.4 Å². The van der Waals surface area contributed by atoms with Gasteiger partial charge in [-0.3, -0.25) is 9.59 Å². The number of aryl methyl sites for hydroxylation is 1. The number of rotatable bonds is 6. The maximum absolute atomic E-state index is 13.0. The van der Waals surface area contributed by atoms with E-state index in [1.54, 1.807) is 12.1 Å². The molecule has 0 aliphatic carbocycles. The molecule has 0 saturated carbocycles. The molecule has 1 aromatic heterocycles. The molecule has 170 valence electrons. The summed E-state index contributed by atoms with van der Waals surface area (Å²) in [5.41, 5.74) is 2.32. The number of hydrogen-bond donors (Lipinski definition) is 0. The van der Waals surface area contributed by atoms with Crippen molar-refractivity contribution in [3.8, 4) is 0 Å². The Morgan fingerprint density at radius 1 is 0.970 bits per heavy atom. The second-order valence-corrected chi connectivity index (χ2v) is 9.86. The first kappa shape index (κ1) is 22.7. The fourth-order valence-electron chi connectivity index (χ4n) is 4.15. The first-order valence-electron chi connectivity index (χ1n) is 10.6. The molecule has 0 unspecified atom stereocenters. The first-order chi connectivity index (χ1) is 15.7. The summed E-state index contributed by atoms with van der Waals surface area (Å²) in [6.45, 7) is 6.13. The molecule has 3 aromatic rings. The highest BCUT2D eigenvalue weighted by Crippen LogP contribution is 2.34. The van der Waals surface area contributed by atoms with Gasteiger partial charge in [-0.05, 0) is 56.7 Å². The summed E-state index contributed by atoms with van der Waals surface area (Å²) >= 11 is 0. The third-order valence-electron chi connectivity index (χ3n) is 5.83. The van der Waals surface area contributed by atoms with Gasteiger partial charge in [0.2, 0.25) is 15.6 Å². The molecule has 1 aliphatic heterocycles. The van der Waals surface area contributed by atoms with Crippen LogP contribution in [0.1, 0.15) is 61.4 Å². The minimum atomic E-state index is -3.98. The van der Waals surface area contributed by atoms with Gasteiger partial charge in [-0.15, -0.1) is 0 Å². The number of fused-ring (bicyclic) bond motifs is 2. The Bertz CT molecular complexity index is 1410. The van der Waals surface area contributed by atoms with Gasteiger partial charge in [-0.25, -0.2) is 13.2 Å². The summed E-state index contributed by atoms with van der Waals surface area (Å²) in [6.07, 6.45) is 0.924. The number of esters is 1. The van der Waals surface area contributed by atoms with Gasteiger partial charge in [0.25, 0.3) is 0 Å². The van der Waals surface area contributed by atoms with E-state index in [9.17, 15) is 22.8 Å². The van der Waals surface area contributed by atoms with Crippen LogP contribution in [0.3, 0.4) is 0 Å². The van der Waals surface area contributed by atoms with Gasteiger partial charge < -0.3 is 9.30 Å². The quantitative estimate of drug-likeness (QED) is 0.316. The van der Waals surface area contributed by atoms with E-state index in [1.165, 1.54) is 30.3 Å². The van der Waals surface area contributed by atoms with E-state index in [0.29, 0.717) is 5.56 Å². The Morgan fingerprint density at radius 3 is 2.39 bits per heavy atom. The Morgan fingerprint density at radius 2 is 1.67 bits per heavy atom. The standard InChI is InChI=1S/C25H23NO6S/c1-4-11-26-15(2)12-20(16(26)3)21(27)14-32-25(29)17-9-10-19-23(13-17)33(30,31)22-8-6-5-7-18(22)24(19)28/h5-10,12-13H,4,11,14H2,1-3H3. The van der Waals surface area contributed by atoms with Crippen molar-refractivity contribution in [3.63, 3.8) is 0 Å². The molecule has 0 fully saturated rings. The zero-order valence-corrected chi connectivity index (χ0v) is 19.4. The summed E-state index contributed by atoms with van der Waals surface area (Å²) < 4.78 is 33.3. The fraction of sp³-hybridized carbons (Fsp3) is 0.240. The maximum Gasteiger partial charge on any atom is 0.338 e. The average Bonchev–Trinajstić information content (AvgIpc) is 3.09. The summed E-state index contributed by atoms with van der Waals surface area (Å²) in [6, 6.07) is 11.5. The molecule has 0 N–H and O–H groups in total. The normalized spacial score (nSPS) is 13.8. The summed E-state index contributed by atoms with van der Waals surface area (Å²) in [7, 11) is -3.98. The smallest absolute Gasteiger partial charge is 0.338 e. The van der Waals surface area contributed by atoms with E-state index < -0.39 is 28.2 Å². The SMILES string of the molecule is CCCn1c(C)cc(C(=O)COC(=O)c2ccc3c(c2)S(=O)(=O)c2ccccc2C3=O)c1C. The van der Waals surface area contributed by atoms with Crippen LogP contribution < -0.4 is 0 Å². The molecule has 1 aliphatic rings. The van der Waals surface area contributed by atoms with E-state index in [1.807, 2.05) is 25.3 Å². The Hall–Kier alpha value is -3.52. The van der Waals surface area contributed by atoms with Crippen LogP contribution in [0.2, 0.25) is 0 Å². The van der Waals surface area contributed by atoms with Gasteiger partial charge in [0.1, 0.15) is 0 Å². The molecular weight excluding hydrogens is 442 g/mol. The van der Waals surface area contributed by atoms with Crippen LogP contribution in [0.25, 0.3) is 0 Å². The molecule has 2 heterocycles. The second-order valence-electron chi connectivity index (χ2n) is 7.98. The molecule has 0 bridgehead atoms. The third-order valence-corrected chi connectivity index (χ3v) is 7.68. The van der Waals surface area contributed by atoms with Gasteiger partial charge in [0.05, 0.1) is 15.4 Å². The second kappa shape index (κ2) is 8.44. The van der Waals surface area contributed by atoms with Crippen LogP contribution in [0, 0.1) is 13.8 Å². The van der Waals surface area contributed by atoms with E-state index in [2.05, 4.69) is 0 Å². The number of sulfone groups is 1. The Labute approximate surface area is 191 Å². The van der Waals surface area contributed by atoms with Crippen LogP contribution >= 0.6 is 0 Å². The molecule has 0 spiro atoms. The predicted molar refractivity (Wildman–Crippen MR) is 121 cm³/mol. The summed E-state index contributed by atoms with van der Waals surface area (Å²) in [5.74, 6) is -1.60. The topological polar surface area (TPSA) is 99.5 Å². The lowest BCUT2D eigenvalue weighted by Gasteiger charge is -2.19. The van der Waals surface area contributed by atoms with E-state index in [-0.39, 0.29) is 32.3 Å². The monoisotopic (exact) mass is 465 g/mol. The lowest BCUT2D eigenvalue weighted by Crippen LogP contribution is -2.21. The Kier molecular flexibility index (Phi) is 5.80. The number of ether oxygens (including phenoxy) is 1. The van der Waals surface area contributed by atoms with Gasteiger partial charge in [0, 0.05) is 34.6 Å². The van der Waals surface area contributed by atoms with Crippen molar-refractivity contribution in [2.45, 2.75) is 43.5 Å². The fourth-order valence-corrected chi connectivity index (χ4v) is 5.83. The van der Waals surface area contributed by atoms with Crippen molar-refractivity contribution in [2.75, 3.05) is 6.61 Å². The molecule has 2 aromatic carbocycles. The zero-order valence-electron chi connectivity index (χ0n) is 18.5. The number of hydrogen-bond acceptors (Lipinski definition) is 6. The van der Waals surface area contributed by atoms with Crippen LogP contribution in [-0.4, -0.2) is 37.1 Å². The number of nitrogens with zero attached hydrogens (tertiary/aromatic N) is 1. The molecule has 0 saturated heterocycles. The number of aromatic nitrogens is 1.